The molecule has 0 heterocycles. The van der Waals surface area contributed by atoms with E-state index < -0.39 is 37.8 Å². The van der Waals surface area contributed by atoms with Crippen molar-refractivity contribution in [2.24, 2.45) is 0 Å². The molecule has 0 atom stereocenters. The van der Waals surface area contributed by atoms with Gasteiger partial charge in [-0.3, -0.25) is 14.1 Å². The van der Waals surface area contributed by atoms with Crippen LogP contribution in [0.4, 0.5) is 0 Å². The summed E-state index contributed by atoms with van der Waals surface area (Å²) in [5, 5.41) is 8.90. The summed E-state index contributed by atoms with van der Waals surface area (Å²) in [6.45, 7) is 0.485. The van der Waals surface area contributed by atoms with E-state index in [1.165, 1.54) is 6.07 Å². The van der Waals surface area contributed by atoms with Crippen LogP contribution in [0.2, 0.25) is 0 Å². The fourth-order valence-electron chi connectivity index (χ4n) is 1.61. The van der Waals surface area contributed by atoms with Gasteiger partial charge in [0.2, 0.25) is 0 Å². The zero-order valence-electron chi connectivity index (χ0n) is 13.4. The molecule has 1 N–H and O–H groups in total. The number of ether oxygens (including phenoxy) is 3. The molecule has 1 aromatic carbocycles. The predicted molar refractivity (Wildman–Crippen MR) is 81.6 cm³/mol. The third kappa shape index (κ3) is 7.87. The Morgan fingerprint density at radius 2 is 1.88 bits per heavy atom. The average Bonchev–Trinajstić information content (AvgIpc) is 2.50. The third-order valence-corrected chi connectivity index (χ3v) is 3.43. The second-order valence-electron chi connectivity index (χ2n) is 4.57. The van der Waals surface area contributed by atoms with Crippen LogP contribution in [-0.4, -0.2) is 49.8 Å². The van der Waals surface area contributed by atoms with Crippen molar-refractivity contribution < 1.29 is 46.7 Å². The fourth-order valence-corrected chi connectivity index (χ4v) is 2.23. The molecule has 0 amide bonds. The zero-order valence-corrected chi connectivity index (χ0v) is 14.3. The minimum Gasteiger partial charge on any atom is -0.427 e. The molecule has 26 heavy (non-hydrogen) atoms. The van der Waals surface area contributed by atoms with Crippen LogP contribution in [0.5, 0.6) is 11.5 Å². The summed E-state index contributed by atoms with van der Waals surface area (Å²) in [4.78, 5) is 35.7. The highest BCUT2D eigenvalue weighted by Gasteiger charge is 2.20. The van der Waals surface area contributed by atoms with Gasteiger partial charge < -0.3 is 19.0 Å². The van der Waals surface area contributed by atoms with Gasteiger partial charge in [-0.05, 0) is 12.1 Å². The Morgan fingerprint density at radius 3 is 2.46 bits per heavy atom. The summed E-state index contributed by atoms with van der Waals surface area (Å²) in [6.07, 6.45) is -0.297. The largest absolute Gasteiger partial charge is 0.427 e. The zero-order chi connectivity index (χ0) is 19.7. The molecule has 0 bridgehead atoms. The van der Waals surface area contributed by atoms with Gasteiger partial charge in [-0.1, -0.05) is 0 Å². The Bertz CT molecular complexity index is 774. The van der Waals surface area contributed by atoms with E-state index in [0.717, 1.165) is 19.1 Å². The fraction of sp³-hybridized carbons (Fsp3) is 0.385. The lowest BCUT2D eigenvalue weighted by Crippen LogP contribution is -2.15. The second-order valence-corrected chi connectivity index (χ2v) is 5.96. The van der Waals surface area contributed by atoms with Crippen LogP contribution in [0.15, 0.2) is 23.1 Å². The molecule has 0 aliphatic heterocycles. The number of nitrogens with zero attached hydrogens (tertiary/aromatic N) is 1. The van der Waals surface area contributed by atoms with Gasteiger partial charge in [0.15, 0.2) is 5.75 Å². The molecule has 0 saturated carbocycles. The van der Waals surface area contributed by atoms with E-state index in [0.29, 0.717) is 0 Å². The van der Waals surface area contributed by atoms with E-state index in [9.17, 15) is 32.7 Å². The molecule has 0 saturated heterocycles. The number of carbonyl (C=O) groups is 2. The van der Waals surface area contributed by atoms with Gasteiger partial charge in [0.05, 0.1) is 19.6 Å². The van der Waals surface area contributed by atoms with E-state index in [1.807, 2.05) is 0 Å². The quantitative estimate of drug-likeness (QED) is 0.146. The number of hydrogen-bond donors (Lipinski definition) is 1. The molecule has 1 rings (SSSR count). The summed E-state index contributed by atoms with van der Waals surface area (Å²) < 4.78 is 46.4. The minimum absolute atomic E-state index is 0.137. The topological polar surface area (TPSA) is 169 Å². The van der Waals surface area contributed by atoms with Crippen LogP contribution in [0.25, 0.3) is 0 Å². The van der Waals surface area contributed by atoms with Crippen LogP contribution in [0, 0.1) is 10.1 Å². The minimum atomic E-state index is -4.76. The Morgan fingerprint density at radius 1 is 1.19 bits per heavy atom. The highest BCUT2D eigenvalue weighted by atomic mass is 32.2. The third-order valence-electron chi connectivity index (χ3n) is 2.55. The van der Waals surface area contributed by atoms with Crippen molar-refractivity contribution in [3.8, 4) is 11.5 Å². The summed E-state index contributed by atoms with van der Waals surface area (Å²) in [5.41, 5.74) is 0. The highest BCUT2D eigenvalue weighted by Crippen LogP contribution is 2.28. The average molecular weight is 393 g/mol. The maximum absolute atomic E-state index is 11.7. The Balaban J connectivity index is 2.66. The molecule has 0 fully saturated rings. The summed E-state index contributed by atoms with van der Waals surface area (Å²) in [7, 11) is -4.76. The number of carbonyl (C=O) groups excluding carboxylic acids is 2. The van der Waals surface area contributed by atoms with Gasteiger partial charge >= 0.3 is 11.9 Å². The first kappa shape index (κ1) is 21.3. The van der Waals surface area contributed by atoms with Gasteiger partial charge in [0, 0.05) is 13.0 Å². The monoisotopic (exact) mass is 393 g/mol. The van der Waals surface area contributed by atoms with E-state index in [-0.39, 0.29) is 32.0 Å². The lowest BCUT2D eigenvalue weighted by atomic mass is 10.3. The Hall–Kier alpha value is -2.77. The van der Waals surface area contributed by atoms with Gasteiger partial charge in [-0.25, -0.2) is 0 Å². The molecular weight excluding hydrogens is 378 g/mol. The predicted octanol–water partition coefficient (Wildman–Crippen LogP) is 0.379. The smallest absolute Gasteiger partial charge is 0.313 e. The second kappa shape index (κ2) is 9.65. The first-order valence-electron chi connectivity index (χ1n) is 6.95. The van der Waals surface area contributed by atoms with Crippen molar-refractivity contribution in [1.82, 2.24) is 0 Å². The molecule has 12 nitrogen and oxygen atoms in total. The van der Waals surface area contributed by atoms with Crippen molar-refractivity contribution in [3.05, 3.63) is 28.3 Å². The van der Waals surface area contributed by atoms with Gasteiger partial charge in [-0.2, -0.15) is 8.42 Å². The number of benzene rings is 1. The van der Waals surface area contributed by atoms with E-state index >= 15 is 0 Å². The van der Waals surface area contributed by atoms with Crippen molar-refractivity contribution in [2.75, 3.05) is 19.8 Å². The van der Waals surface area contributed by atoms with Crippen LogP contribution in [0.3, 0.4) is 0 Å². The lowest BCUT2D eigenvalue weighted by Gasteiger charge is -2.10. The van der Waals surface area contributed by atoms with E-state index in [4.69, 9.17) is 14.2 Å². The SMILES string of the molecule is CC(=O)Oc1ccc(OC(=O)CCOCCO[N+](=O)[O-])c(S(=O)(=O)O)c1. The van der Waals surface area contributed by atoms with Gasteiger partial charge in [0.25, 0.3) is 15.2 Å². The molecule has 0 aromatic heterocycles. The Kier molecular flexibility index (Phi) is 7.89. The van der Waals surface area contributed by atoms with Crippen LogP contribution in [-0.2, 0) is 29.3 Å². The Labute approximate surface area is 147 Å². The molecule has 0 aliphatic carbocycles. The van der Waals surface area contributed by atoms with Crippen LogP contribution < -0.4 is 9.47 Å². The standard InChI is InChI=1S/C13H15NO11S/c1-9(15)24-10-2-3-11(12(8-10)26(19,20)21)25-13(16)4-5-22-6-7-23-14(17)18/h2-3,8H,4-7H2,1H3,(H,19,20,21). The molecule has 0 spiro atoms. The molecule has 144 valence electrons. The molecule has 0 unspecified atom stereocenters. The number of esters is 2. The number of rotatable bonds is 10. The van der Waals surface area contributed by atoms with E-state index in [2.05, 4.69) is 4.84 Å². The highest BCUT2D eigenvalue weighted by molar-refractivity contribution is 7.86. The first-order chi connectivity index (χ1) is 12.1. The maximum Gasteiger partial charge on any atom is 0.313 e. The molecule has 13 heteroatoms. The maximum atomic E-state index is 11.7. The van der Waals surface area contributed by atoms with Gasteiger partial charge in [0.1, 0.15) is 17.3 Å². The molecule has 0 aliphatic rings. The summed E-state index contributed by atoms with van der Waals surface area (Å²) in [6, 6.07) is 3.03. The summed E-state index contributed by atoms with van der Waals surface area (Å²) >= 11 is 0. The molecule has 0 radical (unpaired) electrons. The van der Waals surface area contributed by atoms with Crippen molar-refractivity contribution in [1.29, 1.82) is 0 Å². The van der Waals surface area contributed by atoms with Gasteiger partial charge in [-0.15, -0.1) is 10.1 Å². The van der Waals surface area contributed by atoms with E-state index in [1.54, 1.807) is 0 Å². The molecular formula is C13H15NO11S. The molecule has 1 aromatic rings. The lowest BCUT2D eigenvalue weighted by molar-refractivity contribution is -0.758. The first-order valence-corrected chi connectivity index (χ1v) is 8.39. The normalized spacial score (nSPS) is 10.8. The van der Waals surface area contributed by atoms with Crippen LogP contribution >= 0.6 is 0 Å². The van der Waals surface area contributed by atoms with Crippen molar-refractivity contribution in [3.63, 3.8) is 0 Å². The number of hydrogen-bond acceptors (Lipinski definition) is 10. The summed E-state index contributed by atoms with van der Waals surface area (Å²) in [5.74, 6) is -2.23. The van der Waals surface area contributed by atoms with Crippen LogP contribution in [0.1, 0.15) is 13.3 Å². The van der Waals surface area contributed by atoms with Crippen molar-refractivity contribution in [2.45, 2.75) is 18.2 Å². The van der Waals surface area contributed by atoms with Crippen molar-refractivity contribution >= 4 is 22.1 Å².